The van der Waals surface area contributed by atoms with Crippen LogP contribution in [-0.2, 0) is 10.0 Å². The Kier molecular flexibility index (Phi) is 6.24. The molecule has 0 spiro atoms. The lowest BCUT2D eigenvalue weighted by Crippen LogP contribution is -2.39. The molecule has 1 heterocycles. The van der Waals surface area contributed by atoms with Crippen molar-refractivity contribution < 1.29 is 17.9 Å². The molecule has 0 radical (unpaired) electrons. The minimum absolute atomic E-state index is 0.0463. The number of rotatable bonds is 6. The molecule has 3 rings (SSSR count). The highest BCUT2D eigenvalue weighted by Crippen LogP contribution is 2.21. The molecule has 1 aliphatic rings. The Balaban J connectivity index is 1.70. The van der Waals surface area contributed by atoms with E-state index in [9.17, 15) is 13.2 Å². The van der Waals surface area contributed by atoms with Crippen molar-refractivity contribution in [1.82, 2.24) is 4.90 Å². The Labute approximate surface area is 166 Å². The Bertz CT molecular complexity index is 908. The van der Waals surface area contributed by atoms with Gasteiger partial charge in [0.05, 0.1) is 11.5 Å². The standard InChI is InChI=1S/C21H26N2O4S/c1-3-27-19-10-8-18(9-11-19)22-28(25,26)20-12-6-17(7-13-20)21(24)23-14-4-5-16(2)15-23/h6-13,16,22H,3-5,14-15H2,1-2H3. The molecule has 0 saturated carbocycles. The predicted octanol–water partition coefficient (Wildman–Crippen LogP) is 3.76. The largest absolute Gasteiger partial charge is 0.494 e. The Morgan fingerprint density at radius 3 is 2.43 bits per heavy atom. The normalized spacial score (nSPS) is 17.2. The van der Waals surface area contributed by atoms with E-state index in [-0.39, 0.29) is 10.8 Å². The fraction of sp³-hybridized carbons (Fsp3) is 0.381. The van der Waals surface area contributed by atoms with Crippen LogP contribution in [0.25, 0.3) is 0 Å². The van der Waals surface area contributed by atoms with Gasteiger partial charge in [-0.05, 0) is 74.2 Å². The second-order valence-corrected chi connectivity index (χ2v) is 8.77. The molecule has 1 N–H and O–H groups in total. The third-order valence-corrected chi connectivity index (χ3v) is 6.17. The first-order valence-electron chi connectivity index (χ1n) is 9.54. The monoisotopic (exact) mass is 402 g/mol. The Morgan fingerprint density at radius 1 is 1.14 bits per heavy atom. The van der Waals surface area contributed by atoms with Gasteiger partial charge in [-0.2, -0.15) is 0 Å². The summed E-state index contributed by atoms with van der Waals surface area (Å²) in [5.41, 5.74) is 0.958. The highest BCUT2D eigenvalue weighted by atomic mass is 32.2. The number of hydrogen-bond donors (Lipinski definition) is 1. The van der Waals surface area contributed by atoms with Crippen molar-refractivity contribution >= 4 is 21.6 Å². The van der Waals surface area contributed by atoms with Gasteiger partial charge < -0.3 is 9.64 Å². The highest BCUT2D eigenvalue weighted by Gasteiger charge is 2.22. The van der Waals surface area contributed by atoms with Crippen LogP contribution in [0.15, 0.2) is 53.4 Å². The number of benzene rings is 2. The zero-order valence-corrected chi connectivity index (χ0v) is 17.0. The molecule has 1 amide bonds. The van der Waals surface area contributed by atoms with Gasteiger partial charge in [0.1, 0.15) is 5.75 Å². The minimum Gasteiger partial charge on any atom is -0.494 e. The van der Waals surface area contributed by atoms with Crippen molar-refractivity contribution in [2.75, 3.05) is 24.4 Å². The average Bonchev–Trinajstić information content (AvgIpc) is 2.69. The van der Waals surface area contributed by atoms with Crippen LogP contribution in [0, 0.1) is 5.92 Å². The molecule has 1 saturated heterocycles. The number of ether oxygens (including phenoxy) is 1. The van der Waals surface area contributed by atoms with Gasteiger partial charge in [0.15, 0.2) is 0 Å². The molecule has 2 aromatic carbocycles. The molecule has 28 heavy (non-hydrogen) atoms. The summed E-state index contributed by atoms with van der Waals surface area (Å²) in [7, 11) is -3.73. The van der Waals surface area contributed by atoms with E-state index in [4.69, 9.17) is 4.74 Å². The summed E-state index contributed by atoms with van der Waals surface area (Å²) in [6, 6.07) is 12.8. The number of hydrogen-bond acceptors (Lipinski definition) is 4. The van der Waals surface area contributed by atoms with Crippen LogP contribution >= 0.6 is 0 Å². The van der Waals surface area contributed by atoms with Gasteiger partial charge in [0.25, 0.3) is 15.9 Å². The summed E-state index contributed by atoms with van der Waals surface area (Å²) in [5, 5.41) is 0. The van der Waals surface area contributed by atoms with Crippen molar-refractivity contribution in [3.63, 3.8) is 0 Å². The summed E-state index contributed by atoms with van der Waals surface area (Å²) >= 11 is 0. The van der Waals surface area contributed by atoms with E-state index in [1.807, 2.05) is 11.8 Å². The fourth-order valence-corrected chi connectivity index (χ4v) is 4.39. The summed E-state index contributed by atoms with van der Waals surface area (Å²) in [6.07, 6.45) is 2.14. The molecule has 1 fully saturated rings. The summed E-state index contributed by atoms with van der Waals surface area (Å²) in [4.78, 5) is 14.6. The third kappa shape index (κ3) is 4.84. The number of amides is 1. The zero-order valence-electron chi connectivity index (χ0n) is 16.2. The molecule has 7 heteroatoms. The maximum absolute atomic E-state index is 12.6. The van der Waals surface area contributed by atoms with Crippen molar-refractivity contribution in [1.29, 1.82) is 0 Å². The van der Waals surface area contributed by atoms with Gasteiger partial charge in [-0.25, -0.2) is 8.42 Å². The second kappa shape index (κ2) is 8.65. The maximum atomic E-state index is 12.6. The van der Waals surface area contributed by atoms with Crippen LogP contribution in [0.2, 0.25) is 0 Å². The highest BCUT2D eigenvalue weighted by molar-refractivity contribution is 7.92. The second-order valence-electron chi connectivity index (χ2n) is 7.09. The van der Waals surface area contributed by atoms with Gasteiger partial charge in [0, 0.05) is 24.3 Å². The van der Waals surface area contributed by atoms with Crippen molar-refractivity contribution in [3.8, 4) is 5.75 Å². The maximum Gasteiger partial charge on any atom is 0.261 e. The van der Waals surface area contributed by atoms with Crippen molar-refractivity contribution in [3.05, 3.63) is 54.1 Å². The molecule has 150 valence electrons. The van der Waals surface area contributed by atoms with Gasteiger partial charge in [-0.3, -0.25) is 9.52 Å². The van der Waals surface area contributed by atoms with E-state index in [0.29, 0.717) is 29.5 Å². The van der Waals surface area contributed by atoms with E-state index in [1.54, 1.807) is 36.4 Å². The number of nitrogens with zero attached hydrogens (tertiary/aromatic N) is 1. The van der Waals surface area contributed by atoms with E-state index in [0.717, 1.165) is 25.9 Å². The molecule has 0 aromatic heterocycles. The lowest BCUT2D eigenvalue weighted by Gasteiger charge is -2.31. The first-order chi connectivity index (χ1) is 13.4. The third-order valence-electron chi connectivity index (χ3n) is 4.77. The van der Waals surface area contributed by atoms with Gasteiger partial charge >= 0.3 is 0 Å². The van der Waals surface area contributed by atoms with Crippen LogP contribution in [0.4, 0.5) is 5.69 Å². The fourth-order valence-electron chi connectivity index (χ4n) is 3.33. The molecule has 1 unspecified atom stereocenters. The lowest BCUT2D eigenvalue weighted by atomic mass is 9.99. The van der Waals surface area contributed by atoms with E-state index >= 15 is 0 Å². The molecular weight excluding hydrogens is 376 g/mol. The summed E-state index contributed by atoms with van der Waals surface area (Å²) in [6.45, 7) is 6.08. The Hall–Kier alpha value is -2.54. The van der Waals surface area contributed by atoms with Crippen LogP contribution in [0.5, 0.6) is 5.75 Å². The van der Waals surface area contributed by atoms with E-state index < -0.39 is 10.0 Å². The number of piperidine rings is 1. The minimum atomic E-state index is -3.73. The van der Waals surface area contributed by atoms with Crippen LogP contribution < -0.4 is 9.46 Å². The summed E-state index contributed by atoms with van der Waals surface area (Å²) < 4.78 is 33.1. The Morgan fingerprint density at radius 2 is 1.82 bits per heavy atom. The molecular formula is C21H26N2O4S. The van der Waals surface area contributed by atoms with Crippen LogP contribution in [0.1, 0.15) is 37.0 Å². The first-order valence-corrected chi connectivity index (χ1v) is 11.0. The molecule has 1 atom stereocenters. The predicted molar refractivity (Wildman–Crippen MR) is 109 cm³/mol. The summed E-state index contributed by atoms with van der Waals surface area (Å²) in [5.74, 6) is 1.13. The van der Waals surface area contributed by atoms with Gasteiger partial charge in [-0.1, -0.05) is 6.92 Å². The topological polar surface area (TPSA) is 75.7 Å². The zero-order chi connectivity index (χ0) is 20.1. The number of likely N-dealkylation sites (tertiary alicyclic amines) is 1. The number of carbonyl (C=O) groups is 1. The SMILES string of the molecule is CCOc1ccc(NS(=O)(=O)c2ccc(C(=O)N3CCCC(C)C3)cc2)cc1. The molecule has 6 nitrogen and oxygen atoms in total. The smallest absolute Gasteiger partial charge is 0.261 e. The number of nitrogens with one attached hydrogen (secondary N) is 1. The van der Waals surface area contributed by atoms with E-state index in [1.165, 1.54) is 12.1 Å². The number of anilines is 1. The quantitative estimate of drug-likeness (QED) is 0.798. The van der Waals surface area contributed by atoms with E-state index in [2.05, 4.69) is 11.6 Å². The van der Waals surface area contributed by atoms with Crippen molar-refractivity contribution in [2.24, 2.45) is 5.92 Å². The molecule has 1 aliphatic heterocycles. The first kappa shape index (κ1) is 20.2. The number of carbonyl (C=O) groups excluding carboxylic acids is 1. The average molecular weight is 403 g/mol. The van der Waals surface area contributed by atoms with Crippen LogP contribution in [0.3, 0.4) is 0 Å². The van der Waals surface area contributed by atoms with Crippen LogP contribution in [-0.4, -0.2) is 38.9 Å². The lowest BCUT2D eigenvalue weighted by molar-refractivity contribution is 0.0683. The van der Waals surface area contributed by atoms with Gasteiger partial charge in [-0.15, -0.1) is 0 Å². The number of sulfonamides is 1. The molecule has 2 aromatic rings. The molecule has 0 bridgehead atoms. The van der Waals surface area contributed by atoms with Gasteiger partial charge in [0.2, 0.25) is 0 Å². The molecule has 0 aliphatic carbocycles. The van der Waals surface area contributed by atoms with Crippen molar-refractivity contribution in [2.45, 2.75) is 31.6 Å².